The Morgan fingerprint density at radius 3 is 2.64 bits per heavy atom. The summed E-state index contributed by atoms with van der Waals surface area (Å²) in [5.74, 6) is -0.319. The number of nitrogens with one attached hydrogen (secondary N) is 1. The first-order valence-corrected chi connectivity index (χ1v) is 10.5. The number of fused-ring (bicyclic) bond motifs is 1. The molecule has 0 radical (unpaired) electrons. The number of rotatable bonds is 6. The minimum Gasteiger partial charge on any atom is -0.435 e. The number of carbonyl (C=O) groups is 1. The number of ether oxygens (including phenoxy) is 1. The lowest BCUT2D eigenvalue weighted by Gasteiger charge is -2.17. The predicted octanol–water partition coefficient (Wildman–Crippen LogP) is 3.10. The van der Waals surface area contributed by atoms with E-state index in [9.17, 15) is 22.0 Å². The number of halogens is 2. The molecule has 1 aliphatic heterocycles. The Labute approximate surface area is 162 Å². The first kappa shape index (κ1) is 20.1. The first-order chi connectivity index (χ1) is 13.1. The zero-order valence-corrected chi connectivity index (χ0v) is 16.2. The van der Waals surface area contributed by atoms with Crippen molar-refractivity contribution >= 4 is 21.6 Å². The molecule has 0 fully saturated rings. The highest BCUT2D eigenvalue weighted by atomic mass is 32.2. The summed E-state index contributed by atoms with van der Waals surface area (Å²) in [6.07, 6.45) is 1.68. The Hall–Kier alpha value is -2.68. The molecule has 150 valence electrons. The van der Waals surface area contributed by atoms with E-state index in [-0.39, 0.29) is 11.7 Å². The number of amides is 1. The molecule has 0 spiro atoms. The van der Waals surface area contributed by atoms with Gasteiger partial charge in [0.1, 0.15) is 5.75 Å². The van der Waals surface area contributed by atoms with Gasteiger partial charge >= 0.3 is 6.61 Å². The van der Waals surface area contributed by atoms with Gasteiger partial charge in [0.05, 0.1) is 18.0 Å². The van der Waals surface area contributed by atoms with Crippen LogP contribution in [0.1, 0.15) is 34.5 Å². The zero-order chi connectivity index (χ0) is 20.5. The number of nitrogens with zero attached hydrogens (tertiary/aromatic N) is 1. The molecule has 2 aromatic rings. The van der Waals surface area contributed by atoms with E-state index < -0.39 is 22.7 Å². The van der Waals surface area contributed by atoms with Gasteiger partial charge in [-0.3, -0.25) is 9.10 Å². The Kier molecular flexibility index (Phi) is 5.55. The van der Waals surface area contributed by atoms with E-state index in [1.165, 1.54) is 16.4 Å². The zero-order valence-electron chi connectivity index (χ0n) is 15.4. The van der Waals surface area contributed by atoms with E-state index in [0.29, 0.717) is 29.8 Å². The van der Waals surface area contributed by atoms with E-state index in [0.717, 1.165) is 11.8 Å². The van der Waals surface area contributed by atoms with E-state index in [2.05, 4.69) is 10.1 Å². The number of benzene rings is 2. The van der Waals surface area contributed by atoms with Crippen molar-refractivity contribution < 1.29 is 26.7 Å². The molecular formula is C19H20F2N2O4S. The quantitative estimate of drug-likeness (QED) is 0.794. The molecule has 1 N–H and O–H groups in total. The average Bonchev–Trinajstić information content (AvgIpc) is 3.04. The largest absolute Gasteiger partial charge is 0.435 e. The number of sulfonamides is 1. The summed E-state index contributed by atoms with van der Waals surface area (Å²) < 4.78 is 54.0. The van der Waals surface area contributed by atoms with Crippen molar-refractivity contribution in [2.75, 3.05) is 17.1 Å². The number of hydrogen-bond donors (Lipinski definition) is 1. The molecular weight excluding hydrogens is 390 g/mol. The fourth-order valence-electron chi connectivity index (χ4n) is 3.18. The highest BCUT2D eigenvalue weighted by Gasteiger charge is 2.27. The number of alkyl halides is 2. The average molecular weight is 410 g/mol. The molecule has 2 aromatic carbocycles. The molecule has 0 bridgehead atoms. The highest BCUT2D eigenvalue weighted by molar-refractivity contribution is 7.92. The van der Waals surface area contributed by atoms with Crippen LogP contribution in [0, 0.1) is 0 Å². The molecule has 0 saturated heterocycles. The molecule has 1 amide bonds. The first-order valence-electron chi connectivity index (χ1n) is 8.61. The predicted molar refractivity (Wildman–Crippen MR) is 101 cm³/mol. The van der Waals surface area contributed by atoms with E-state index >= 15 is 0 Å². The van der Waals surface area contributed by atoms with Gasteiger partial charge in [-0.1, -0.05) is 12.1 Å². The van der Waals surface area contributed by atoms with Crippen molar-refractivity contribution in [3.8, 4) is 5.75 Å². The molecule has 3 rings (SSSR count). The van der Waals surface area contributed by atoms with Crippen molar-refractivity contribution in [2.45, 2.75) is 26.0 Å². The third kappa shape index (κ3) is 4.41. The summed E-state index contributed by atoms with van der Waals surface area (Å²) in [4.78, 5) is 12.6. The van der Waals surface area contributed by atoms with Gasteiger partial charge in [-0.25, -0.2) is 8.42 Å². The molecule has 6 nitrogen and oxygen atoms in total. The van der Waals surface area contributed by atoms with Crippen molar-refractivity contribution in [3.63, 3.8) is 0 Å². The maximum atomic E-state index is 12.6. The SMILES string of the molecule is CC(NC(=O)c1ccc2c(c1)CCN2S(C)(=O)=O)c1cccc(OC(F)F)c1. The molecule has 1 aliphatic rings. The van der Waals surface area contributed by atoms with Crippen LogP contribution in [0.15, 0.2) is 42.5 Å². The lowest BCUT2D eigenvalue weighted by Crippen LogP contribution is -2.28. The van der Waals surface area contributed by atoms with Crippen molar-refractivity contribution in [3.05, 3.63) is 59.2 Å². The molecule has 0 aliphatic carbocycles. The van der Waals surface area contributed by atoms with Crippen molar-refractivity contribution in [1.29, 1.82) is 0 Å². The maximum absolute atomic E-state index is 12.6. The smallest absolute Gasteiger partial charge is 0.387 e. The van der Waals surface area contributed by atoms with E-state index in [4.69, 9.17) is 0 Å². The van der Waals surface area contributed by atoms with Crippen LogP contribution in [0.5, 0.6) is 5.75 Å². The van der Waals surface area contributed by atoms with Gasteiger partial charge in [0.15, 0.2) is 0 Å². The Morgan fingerprint density at radius 2 is 1.96 bits per heavy atom. The van der Waals surface area contributed by atoms with Crippen LogP contribution in [-0.4, -0.2) is 33.7 Å². The fraction of sp³-hybridized carbons (Fsp3) is 0.316. The number of anilines is 1. The lowest BCUT2D eigenvalue weighted by atomic mass is 10.1. The van der Waals surface area contributed by atoms with Crippen molar-refractivity contribution in [1.82, 2.24) is 5.32 Å². The third-order valence-electron chi connectivity index (χ3n) is 4.53. The minimum atomic E-state index is -3.35. The summed E-state index contributed by atoms with van der Waals surface area (Å²) >= 11 is 0. The van der Waals surface area contributed by atoms with E-state index in [1.54, 1.807) is 37.3 Å². The summed E-state index contributed by atoms with van der Waals surface area (Å²) in [6.45, 7) is -0.830. The number of carbonyl (C=O) groups excluding carboxylic acids is 1. The van der Waals surface area contributed by atoms with E-state index in [1.807, 2.05) is 0 Å². The molecule has 28 heavy (non-hydrogen) atoms. The molecule has 1 unspecified atom stereocenters. The molecule has 0 aromatic heterocycles. The van der Waals surface area contributed by atoms with Gasteiger partial charge in [-0.05, 0) is 54.8 Å². The van der Waals surface area contributed by atoms with Crippen LogP contribution in [0.4, 0.5) is 14.5 Å². The van der Waals surface area contributed by atoms with Crippen LogP contribution < -0.4 is 14.4 Å². The van der Waals surface area contributed by atoms with Crippen LogP contribution in [0.3, 0.4) is 0 Å². The monoisotopic (exact) mass is 410 g/mol. The molecule has 1 atom stereocenters. The maximum Gasteiger partial charge on any atom is 0.387 e. The number of hydrogen-bond acceptors (Lipinski definition) is 4. The molecule has 9 heteroatoms. The van der Waals surface area contributed by atoms with Gasteiger partial charge in [0.25, 0.3) is 5.91 Å². The summed E-state index contributed by atoms with van der Waals surface area (Å²) in [5.41, 5.74) is 2.40. The standard InChI is InChI=1S/C19H20F2N2O4S/c1-12(13-4-3-5-16(11-13)27-19(20)21)22-18(24)15-6-7-17-14(10-15)8-9-23(17)28(2,25)26/h3-7,10-12,19H,8-9H2,1-2H3,(H,22,24). The Bertz CT molecular complexity index is 995. The van der Waals surface area contributed by atoms with Crippen LogP contribution >= 0.6 is 0 Å². The van der Waals surface area contributed by atoms with Crippen molar-refractivity contribution in [2.24, 2.45) is 0 Å². The van der Waals surface area contributed by atoms with Gasteiger partial charge < -0.3 is 10.1 Å². The summed E-state index contributed by atoms with van der Waals surface area (Å²) in [5, 5.41) is 2.81. The highest BCUT2D eigenvalue weighted by Crippen LogP contribution is 2.31. The summed E-state index contributed by atoms with van der Waals surface area (Å²) in [6, 6.07) is 10.6. The normalized spacial score (nSPS) is 14.7. The van der Waals surface area contributed by atoms with Crippen LogP contribution in [0.25, 0.3) is 0 Å². The van der Waals surface area contributed by atoms with Gasteiger partial charge in [0, 0.05) is 12.1 Å². The van der Waals surface area contributed by atoms with Crippen LogP contribution in [-0.2, 0) is 16.4 Å². The molecule has 0 saturated carbocycles. The fourth-order valence-corrected chi connectivity index (χ4v) is 4.14. The molecule has 1 heterocycles. The third-order valence-corrected chi connectivity index (χ3v) is 5.71. The van der Waals surface area contributed by atoms with Gasteiger partial charge in [-0.2, -0.15) is 8.78 Å². The lowest BCUT2D eigenvalue weighted by molar-refractivity contribution is -0.0499. The Balaban J connectivity index is 1.73. The minimum absolute atomic E-state index is 0.0204. The second-order valence-corrected chi connectivity index (χ2v) is 8.48. The topological polar surface area (TPSA) is 75.7 Å². The van der Waals surface area contributed by atoms with Gasteiger partial charge in [-0.15, -0.1) is 0 Å². The van der Waals surface area contributed by atoms with Gasteiger partial charge in [0.2, 0.25) is 10.0 Å². The Morgan fingerprint density at radius 1 is 1.21 bits per heavy atom. The second kappa shape index (κ2) is 7.75. The summed E-state index contributed by atoms with van der Waals surface area (Å²) in [7, 11) is -3.35. The second-order valence-electron chi connectivity index (χ2n) is 6.57. The van der Waals surface area contributed by atoms with Crippen LogP contribution in [0.2, 0.25) is 0 Å².